The lowest BCUT2D eigenvalue weighted by Gasteiger charge is -2.18. The van der Waals surface area contributed by atoms with Crippen molar-refractivity contribution in [3.8, 4) is 5.75 Å². The zero-order chi connectivity index (χ0) is 25.8. The van der Waals surface area contributed by atoms with Gasteiger partial charge in [-0.2, -0.15) is 0 Å². The number of phenolic OH excluding ortho intramolecular Hbond substituents is 1. The molecule has 1 fully saturated rings. The van der Waals surface area contributed by atoms with Crippen molar-refractivity contribution >= 4 is 50.7 Å². The van der Waals surface area contributed by atoms with Crippen LogP contribution < -0.4 is 0 Å². The van der Waals surface area contributed by atoms with Gasteiger partial charge in [0, 0.05) is 40.4 Å². The second kappa shape index (κ2) is 11.7. The Morgan fingerprint density at radius 2 is 1.92 bits per heavy atom. The average molecular weight is 579 g/mol. The molecule has 0 saturated carbocycles. The molecule has 36 heavy (non-hydrogen) atoms. The number of hydrogen-bond acceptors (Lipinski definition) is 7. The summed E-state index contributed by atoms with van der Waals surface area (Å²) < 4.78 is 26.7. The van der Waals surface area contributed by atoms with E-state index in [1.165, 1.54) is 17.8 Å². The highest BCUT2D eigenvalue weighted by atomic mass is 79.9. The number of aromatic nitrogens is 1. The lowest BCUT2D eigenvalue weighted by molar-refractivity contribution is 0.0402. The van der Waals surface area contributed by atoms with Crippen molar-refractivity contribution in [2.45, 2.75) is 50.4 Å². The van der Waals surface area contributed by atoms with Gasteiger partial charge in [0.1, 0.15) is 11.6 Å². The van der Waals surface area contributed by atoms with Crippen molar-refractivity contribution in [1.29, 1.82) is 0 Å². The third-order valence-electron chi connectivity index (χ3n) is 6.23. The summed E-state index contributed by atoms with van der Waals surface area (Å²) >= 11 is 4.72. The van der Waals surface area contributed by atoms with Crippen LogP contribution in [-0.4, -0.2) is 46.4 Å². The third-order valence-corrected chi connectivity index (χ3v) is 7.89. The number of phenols is 1. The van der Waals surface area contributed by atoms with E-state index in [0.717, 1.165) is 31.4 Å². The average Bonchev–Trinajstić information content (AvgIpc) is 3.47. The molecule has 0 aliphatic carbocycles. The molecule has 0 radical (unpaired) electrons. The lowest BCUT2D eigenvalue weighted by Crippen LogP contribution is -2.19. The molecule has 7 nitrogen and oxygen atoms in total. The van der Waals surface area contributed by atoms with Crippen LogP contribution in [0.25, 0.3) is 10.9 Å². The monoisotopic (exact) mass is 578 g/mol. The van der Waals surface area contributed by atoms with Crippen LogP contribution in [0.1, 0.15) is 48.3 Å². The summed E-state index contributed by atoms with van der Waals surface area (Å²) in [5, 5.41) is 11.6. The molecule has 1 aromatic heterocycles. The van der Waals surface area contributed by atoms with Crippen LogP contribution in [0.4, 0.5) is 9.18 Å². The Balaban J connectivity index is 1.89. The number of esters is 1. The topological polar surface area (TPSA) is 81.0 Å². The van der Waals surface area contributed by atoms with E-state index in [2.05, 4.69) is 20.8 Å². The Hall–Kier alpha value is -2.56. The molecule has 2 heterocycles. The van der Waals surface area contributed by atoms with Crippen LogP contribution in [0.2, 0.25) is 0 Å². The first-order chi connectivity index (χ1) is 17.3. The van der Waals surface area contributed by atoms with Gasteiger partial charge in [0.25, 0.3) is 0 Å². The third kappa shape index (κ3) is 5.40. The molecule has 4 rings (SSSR count). The zero-order valence-electron chi connectivity index (χ0n) is 20.2. The fraction of sp³-hybridized carbons (Fsp3) is 0.385. The number of likely N-dealkylation sites (tertiary alicyclic amines) is 1. The summed E-state index contributed by atoms with van der Waals surface area (Å²) in [6, 6.07) is 8.20. The molecular weight excluding hydrogens is 551 g/mol. The smallest absolute Gasteiger partial charge is 0.506 e. The van der Waals surface area contributed by atoms with Gasteiger partial charge in [0.15, 0.2) is 0 Å². The first kappa shape index (κ1) is 26.5. The summed E-state index contributed by atoms with van der Waals surface area (Å²) in [4.78, 5) is 28.2. The standard InChI is InChI=1S/C26H28BrFN2O5S/c1-3-30-19-13-17(27)24(31)16(14-29-11-7-8-12-29)22(19)23(25(32)35-26(33)34-4-2)20(30)15-36-21-10-6-5-9-18(21)28/h5-6,9-10,13,31H,3-4,7-8,11-12,14-15H2,1-2H3. The molecule has 2 aromatic carbocycles. The highest BCUT2D eigenvalue weighted by molar-refractivity contribution is 9.10. The van der Waals surface area contributed by atoms with Gasteiger partial charge >= 0.3 is 12.1 Å². The SMILES string of the molecule is CCOC(=O)OC(=O)c1c(CSc2ccccc2F)n(CC)c2cc(Br)c(O)c(CN3CCCC3)c12. The number of carbonyl (C=O) groups is 2. The Morgan fingerprint density at radius 1 is 1.19 bits per heavy atom. The quantitative estimate of drug-likeness (QED) is 0.186. The fourth-order valence-corrected chi connectivity index (χ4v) is 6.05. The Morgan fingerprint density at radius 3 is 2.58 bits per heavy atom. The van der Waals surface area contributed by atoms with E-state index in [9.17, 15) is 19.1 Å². The van der Waals surface area contributed by atoms with Crippen LogP contribution >= 0.6 is 27.7 Å². The summed E-state index contributed by atoms with van der Waals surface area (Å²) in [5.74, 6) is -0.925. The zero-order valence-corrected chi connectivity index (χ0v) is 22.6. The Kier molecular flexibility index (Phi) is 8.58. The fourth-order valence-electron chi connectivity index (χ4n) is 4.63. The number of hydrogen-bond donors (Lipinski definition) is 1. The van der Waals surface area contributed by atoms with E-state index < -0.39 is 12.1 Å². The van der Waals surface area contributed by atoms with Crippen molar-refractivity contribution in [2.75, 3.05) is 19.7 Å². The molecule has 0 amide bonds. The van der Waals surface area contributed by atoms with Crippen LogP contribution in [0.5, 0.6) is 5.75 Å². The maximum Gasteiger partial charge on any atom is 0.516 e. The number of thioether (sulfide) groups is 1. The van der Waals surface area contributed by atoms with Crippen molar-refractivity contribution in [1.82, 2.24) is 9.47 Å². The number of aryl methyl sites for hydroxylation is 1. The summed E-state index contributed by atoms with van der Waals surface area (Å²) in [5.41, 5.74) is 2.06. The molecular formula is C26H28BrFN2O5S. The van der Waals surface area contributed by atoms with Gasteiger partial charge in [-0.05, 0) is 73.9 Å². The number of ether oxygens (including phenoxy) is 2. The number of benzene rings is 2. The molecule has 0 unspecified atom stereocenters. The first-order valence-corrected chi connectivity index (χ1v) is 13.7. The van der Waals surface area contributed by atoms with Gasteiger partial charge in [0.2, 0.25) is 0 Å². The van der Waals surface area contributed by atoms with Gasteiger partial charge in [0.05, 0.1) is 22.2 Å². The van der Waals surface area contributed by atoms with Gasteiger partial charge in [-0.25, -0.2) is 14.0 Å². The molecule has 1 aliphatic rings. The minimum Gasteiger partial charge on any atom is -0.506 e. The van der Waals surface area contributed by atoms with Gasteiger partial charge < -0.3 is 19.1 Å². The van der Waals surface area contributed by atoms with Crippen molar-refractivity contribution in [3.05, 3.63) is 57.4 Å². The van der Waals surface area contributed by atoms with Gasteiger partial charge in [-0.1, -0.05) is 12.1 Å². The van der Waals surface area contributed by atoms with Crippen LogP contribution in [-0.2, 0) is 28.3 Å². The lowest BCUT2D eigenvalue weighted by atomic mass is 10.0. The van der Waals surface area contributed by atoms with Gasteiger partial charge in [-0.15, -0.1) is 11.8 Å². The summed E-state index contributed by atoms with van der Waals surface area (Å²) in [6.07, 6.45) is 1.04. The minimum absolute atomic E-state index is 0.0427. The van der Waals surface area contributed by atoms with Crippen molar-refractivity contribution < 1.29 is 28.6 Å². The summed E-state index contributed by atoms with van der Waals surface area (Å²) in [6.45, 7) is 6.35. The second-order valence-corrected chi connectivity index (χ2v) is 10.3. The highest BCUT2D eigenvalue weighted by Gasteiger charge is 2.30. The highest BCUT2D eigenvalue weighted by Crippen LogP contribution is 2.42. The van der Waals surface area contributed by atoms with E-state index in [1.54, 1.807) is 31.2 Å². The molecule has 192 valence electrons. The predicted octanol–water partition coefficient (Wildman–Crippen LogP) is 6.47. The molecule has 0 atom stereocenters. The van der Waals surface area contributed by atoms with Crippen LogP contribution in [0, 0.1) is 5.82 Å². The van der Waals surface area contributed by atoms with Crippen LogP contribution in [0.15, 0.2) is 39.7 Å². The van der Waals surface area contributed by atoms with E-state index >= 15 is 0 Å². The first-order valence-electron chi connectivity index (χ1n) is 11.9. The maximum absolute atomic E-state index is 14.4. The molecule has 1 aliphatic heterocycles. The summed E-state index contributed by atoms with van der Waals surface area (Å²) in [7, 11) is 0. The maximum atomic E-state index is 14.4. The molecule has 0 bridgehead atoms. The Bertz CT molecular complexity index is 1290. The Labute approximate surface area is 221 Å². The number of halogens is 2. The molecule has 10 heteroatoms. The molecule has 3 aromatic rings. The van der Waals surface area contributed by atoms with E-state index in [-0.39, 0.29) is 29.5 Å². The van der Waals surface area contributed by atoms with Crippen molar-refractivity contribution in [3.63, 3.8) is 0 Å². The van der Waals surface area contributed by atoms with E-state index in [0.29, 0.717) is 39.1 Å². The normalized spacial score (nSPS) is 13.9. The number of nitrogens with zero attached hydrogens (tertiary/aromatic N) is 2. The van der Waals surface area contributed by atoms with Gasteiger partial charge in [-0.3, -0.25) is 4.90 Å². The van der Waals surface area contributed by atoms with Crippen LogP contribution in [0.3, 0.4) is 0 Å². The molecule has 1 N–H and O–H groups in total. The minimum atomic E-state index is -1.09. The van der Waals surface area contributed by atoms with Crippen molar-refractivity contribution in [2.24, 2.45) is 0 Å². The largest absolute Gasteiger partial charge is 0.516 e. The van der Waals surface area contributed by atoms with E-state index in [4.69, 9.17) is 9.47 Å². The number of carbonyl (C=O) groups excluding carboxylic acids is 2. The predicted molar refractivity (Wildman–Crippen MR) is 140 cm³/mol. The number of aromatic hydroxyl groups is 1. The number of rotatable bonds is 8. The second-order valence-electron chi connectivity index (χ2n) is 8.42. The molecule has 1 saturated heterocycles. The molecule has 0 spiro atoms. The van der Waals surface area contributed by atoms with E-state index in [1.807, 2.05) is 11.5 Å². The number of fused-ring (bicyclic) bond motifs is 1.